The molecule has 0 radical (unpaired) electrons. The first-order chi connectivity index (χ1) is 8.83. The van der Waals surface area contributed by atoms with Crippen molar-refractivity contribution < 1.29 is 4.92 Å². The number of thioether (sulfide) groups is 1. The van der Waals surface area contributed by atoms with Gasteiger partial charge in [-0.25, -0.2) is 0 Å². The summed E-state index contributed by atoms with van der Waals surface area (Å²) in [4.78, 5) is 18.7. The van der Waals surface area contributed by atoms with Crippen LogP contribution in [0.15, 0.2) is 34.3 Å². The van der Waals surface area contributed by atoms with Crippen LogP contribution in [0.25, 0.3) is 0 Å². The Bertz CT molecular complexity index is 558. The molecule has 1 N–H and O–H groups in total. The van der Waals surface area contributed by atoms with Crippen LogP contribution in [-0.4, -0.2) is 20.8 Å². The van der Waals surface area contributed by atoms with E-state index in [1.807, 2.05) is 20.8 Å². The summed E-state index contributed by atoms with van der Waals surface area (Å²) in [6, 6.07) is 6.22. The van der Waals surface area contributed by atoms with E-state index in [1.54, 1.807) is 12.1 Å². The molecule has 0 saturated heterocycles. The molecule has 1 aromatic rings. The summed E-state index contributed by atoms with van der Waals surface area (Å²) in [6.07, 6.45) is 0. The highest BCUT2D eigenvalue weighted by Gasteiger charge is 2.20. The molecule has 1 aliphatic rings. The Labute approximate surface area is 115 Å². The van der Waals surface area contributed by atoms with Gasteiger partial charge in [0.05, 0.1) is 10.5 Å². The lowest BCUT2D eigenvalue weighted by Crippen LogP contribution is -2.22. The van der Waals surface area contributed by atoms with Crippen molar-refractivity contribution in [3.8, 4) is 0 Å². The molecule has 0 amide bonds. The first kappa shape index (κ1) is 13.5. The summed E-state index contributed by atoms with van der Waals surface area (Å²) in [7, 11) is 0. The highest BCUT2D eigenvalue weighted by molar-refractivity contribution is 8.29. The van der Waals surface area contributed by atoms with Crippen LogP contribution in [0.4, 0.5) is 11.4 Å². The highest BCUT2D eigenvalue weighted by Crippen LogP contribution is 2.25. The molecular formula is C12H14N4O2S. The van der Waals surface area contributed by atoms with Crippen LogP contribution in [0.2, 0.25) is 0 Å². The van der Waals surface area contributed by atoms with Crippen molar-refractivity contribution in [1.82, 2.24) is 0 Å². The van der Waals surface area contributed by atoms with Crippen molar-refractivity contribution in [3.63, 3.8) is 0 Å². The Kier molecular flexibility index (Phi) is 3.57. The third kappa shape index (κ3) is 3.78. The normalized spacial score (nSPS) is 16.8. The molecule has 2 rings (SSSR count). The Hall–Kier alpha value is -1.89. The van der Waals surface area contributed by atoms with Crippen LogP contribution in [0.5, 0.6) is 0 Å². The largest absolute Gasteiger partial charge is 0.334 e. The smallest absolute Gasteiger partial charge is 0.269 e. The van der Waals surface area contributed by atoms with E-state index < -0.39 is 4.92 Å². The summed E-state index contributed by atoms with van der Waals surface area (Å²) < 4.78 is 0. The number of benzene rings is 1. The fourth-order valence-corrected chi connectivity index (χ4v) is 2.16. The molecular weight excluding hydrogens is 264 g/mol. The molecule has 1 aliphatic heterocycles. The van der Waals surface area contributed by atoms with Gasteiger partial charge in [-0.3, -0.25) is 15.1 Å². The summed E-state index contributed by atoms with van der Waals surface area (Å²) in [5.41, 5.74) is 0.709. The zero-order valence-corrected chi connectivity index (χ0v) is 11.7. The van der Waals surface area contributed by atoms with Gasteiger partial charge < -0.3 is 5.32 Å². The van der Waals surface area contributed by atoms with Crippen molar-refractivity contribution >= 4 is 33.5 Å². The van der Waals surface area contributed by atoms with Crippen LogP contribution in [-0.2, 0) is 0 Å². The van der Waals surface area contributed by atoms with E-state index >= 15 is 0 Å². The summed E-state index contributed by atoms with van der Waals surface area (Å²) in [5, 5.41) is 15.1. The predicted molar refractivity (Wildman–Crippen MR) is 78.9 cm³/mol. The Morgan fingerprint density at radius 3 is 2.37 bits per heavy atom. The molecule has 0 spiro atoms. The van der Waals surface area contributed by atoms with Gasteiger partial charge in [0, 0.05) is 17.8 Å². The van der Waals surface area contributed by atoms with Crippen LogP contribution in [0, 0.1) is 10.1 Å². The SMILES string of the molecule is CC(C)(C)N=C1N=C(Nc2ccc([N+](=O)[O-])cc2)S1. The van der Waals surface area contributed by atoms with Crippen LogP contribution >= 0.6 is 11.8 Å². The molecule has 1 heterocycles. The molecule has 0 atom stereocenters. The number of hydrogen-bond donors (Lipinski definition) is 1. The number of anilines is 1. The molecule has 0 bridgehead atoms. The number of non-ortho nitro benzene ring substituents is 1. The number of amidine groups is 2. The Morgan fingerprint density at radius 1 is 1.32 bits per heavy atom. The minimum atomic E-state index is -0.423. The first-order valence-electron chi connectivity index (χ1n) is 5.71. The fraction of sp³-hybridized carbons (Fsp3) is 0.333. The van der Waals surface area contributed by atoms with Crippen LogP contribution < -0.4 is 5.32 Å². The minimum Gasteiger partial charge on any atom is -0.334 e. The van der Waals surface area contributed by atoms with Gasteiger partial charge in [0.15, 0.2) is 10.3 Å². The lowest BCUT2D eigenvalue weighted by atomic mass is 10.1. The molecule has 0 aliphatic carbocycles. The zero-order chi connectivity index (χ0) is 14.0. The number of rotatable bonds is 2. The quantitative estimate of drug-likeness (QED) is 0.665. The molecule has 19 heavy (non-hydrogen) atoms. The van der Waals surface area contributed by atoms with E-state index in [0.717, 1.165) is 16.0 Å². The molecule has 0 unspecified atom stereocenters. The molecule has 0 aromatic heterocycles. The average Bonchev–Trinajstić information content (AvgIpc) is 2.25. The van der Waals surface area contributed by atoms with Crippen LogP contribution in [0.1, 0.15) is 20.8 Å². The van der Waals surface area contributed by atoms with Crippen molar-refractivity contribution in [3.05, 3.63) is 34.4 Å². The molecule has 1 aromatic carbocycles. The lowest BCUT2D eigenvalue weighted by molar-refractivity contribution is -0.384. The Morgan fingerprint density at radius 2 is 1.89 bits per heavy atom. The maximum Gasteiger partial charge on any atom is 0.269 e. The van der Waals surface area contributed by atoms with E-state index in [1.165, 1.54) is 23.9 Å². The molecule has 100 valence electrons. The van der Waals surface area contributed by atoms with Gasteiger partial charge in [0.1, 0.15) is 0 Å². The van der Waals surface area contributed by atoms with Crippen molar-refractivity contribution in [1.29, 1.82) is 0 Å². The van der Waals surface area contributed by atoms with E-state index in [4.69, 9.17) is 0 Å². The zero-order valence-electron chi connectivity index (χ0n) is 10.9. The predicted octanol–water partition coefficient (Wildman–Crippen LogP) is 3.26. The van der Waals surface area contributed by atoms with Gasteiger partial charge in [-0.2, -0.15) is 4.99 Å². The second-order valence-electron chi connectivity index (χ2n) is 5.01. The monoisotopic (exact) mass is 278 g/mol. The number of aliphatic imine (C=N–C) groups is 2. The van der Waals surface area contributed by atoms with Gasteiger partial charge in [-0.1, -0.05) is 0 Å². The maximum atomic E-state index is 10.5. The number of nitro benzene ring substituents is 1. The lowest BCUT2D eigenvalue weighted by Gasteiger charge is -2.20. The Balaban J connectivity index is 1.99. The second kappa shape index (κ2) is 5.00. The topological polar surface area (TPSA) is 79.9 Å². The van der Waals surface area contributed by atoms with Crippen molar-refractivity contribution in [2.24, 2.45) is 9.98 Å². The van der Waals surface area contributed by atoms with Gasteiger partial charge in [-0.15, -0.1) is 0 Å². The number of nitrogens with one attached hydrogen (secondary N) is 1. The van der Waals surface area contributed by atoms with E-state index in [9.17, 15) is 10.1 Å². The van der Waals surface area contributed by atoms with Gasteiger partial charge >= 0.3 is 0 Å². The van der Waals surface area contributed by atoms with Crippen molar-refractivity contribution in [2.45, 2.75) is 26.3 Å². The number of nitrogens with zero attached hydrogens (tertiary/aromatic N) is 3. The molecule has 0 fully saturated rings. The van der Waals surface area contributed by atoms with Gasteiger partial charge in [-0.05, 0) is 44.7 Å². The third-order valence-electron chi connectivity index (χ3n) is 2.15. The average molecular weight is 278 g/mol. The second-order valence-corrected chi connectivity index (χ2v) is 5.97. The van der Waals surface area contributed by atoms with E-state index in [2.05, 4.69) is 15.3 Å². The van der Waals surface area contributed by atoms with Gasteiger partial charge in [0.25, 0.3) is 5.69 Å². The molecule has 7 heteroatoms. The number of hydrogen-bond acceptors (Lipinski definition) is 5. The summed E-state index contributed by atoms with van der Waals surface area (Å²) >= 11 is 1.46. The standard InChI is InChI=1S/C12H14N4O2S/c1-12(2,3)15-11-14-10(19-11)13-8-4-6-9(7-5-8)16(17)18/h4-7H,1-3H3,(H,13,14,15). The van der Waals surface area contributed by atoms with E-state index in [0.29, 0.717) is 0 Å². The fourth-order valence-electron chi connectivity index (χ4n) is 1.36. The third-order valence-corrected chi connectivity index (χ3v) is 2.90. The first-order valence-corrected chi connectivity index (χ1v) is 6.53. The van der Waals surface area contributed by atoms with Crippen LogP contribution in [0.3, 0.4) is 0 Å². The molecule has 6 nitrogen and oxygen atoms in total. The maximum absolute atomic E-state index is 10.5. The van der Waals surface area contributed by atoms with E-state index in [-0.39, 0.29) is 11.2 Å². The minimum absolute atomic E-state index is 0.0729. The van der Waals surface area contributed by atoms with Crippen molar-refractivity contribution in [2.75, 3.05) is 5.32 Å². The highest BCUT2D eigenvalue weighted by atomic mass is 32.2. The number of nitro groups is 1. The summed E-state index contributed by atoms with van der Waals surface area (Å²) in [6.45, 7) is 6.04. The summed E-state index contributed by atoms with van der Waals surface area (Å²) in [5.74, 6) is 0. The van der Waals surface area contributed by atoms with Gasteiger partial charge in [0.2, 0.25) is 0 Å². The molecule has 0 saturated carbocycles.